The third-order valence-corrected chi connectivity index (χ3v) is 4.18. The molecule has 0 aromatic rings. The first kappa shape index (κ1) is 9.36. The molecule has 3 heteroatoms. The van der Waals surface area contributed by atoms with E-state index in [2.05, 4.69) is 6.26 Å². The molecular weight excluding hydrogens is 158 g/mol. The highest BCUT2D eigenvalue weighted by Gasteiger charge is 2.43. The van der Waals surface area contributed by atoms with Crippen molar-refractivity contribution < 1.29 is 4.74 Å². The Balaban J connectivity index is 2.51. The van der Waals surface area contributed by atoms with Gasteiger partial charge in [0.1, 0.15) is 0 Å². The molecule has 2 N–H and O–H groups in total. The smallest absolute Gasteiger partial charge is 0.0839 e. The zero-order valence-electron chi connectivity index (χ0n) is 7.30. The van der Waals surface area contributed by atoms with Gasteiger partial charge in [0.2, 0.25) is 0 Å². The third kappa shape index (κ3) is 1.55. The molecule has 0 aromatic heterocycles. The van der Waals surface area contributed by atoms with Crippen LogP contribution in [-0.2, 0) is 4.74 Å². The van der Waals surface area contributed by atoms with Crippen LogP contribution in [0.3, 0.4) is 0 Å². The number of hydrogen-bond acceptors (Lipinski definition) is 3. The maximum atomic E-state index is 5.62. The van der Waals surface area contributed by atoms with Gasteiger partial charge >= 0.3 is 0 Å². The van der Waals surface area contributed by atoms with E-state index in [1.165, 1.54) is 19.3 Å². The summed E-state index contributed by atoms with van der Waals surface area (Å²) in [7, 11) is 1.76. The molecule has 1 rings (SSSR count). The van der Waals surface area contributed by atoms with Gasteiger partial charge in [0.05, 0.1) is 6.10 Å². The van der Waals surface area contributed by atoms with Crippen molar-refractivity contribution >= 4 is 11.8 Å². The Morgan fingerprint density at radius 1 is 1.64 bits per heavy atom. The lowest BCUT2D eigenvalue weighted by Gasteiger charge is -2.45. The van der Waals surface area contributed by atoms with Crippen molar-refractivity contribution in [2.45, 2.75) is 30.1 Å². The second kappa shape index (κ2) is 3.78. The fourth-order valence-corrected chi connectivity index (χ4v) is 2.86. The molecule has 0 amide bonds. The van der Waals surface area contributed by atoms with Gasteiger partial charge in [0, 0.05) is 18.4 Å². The molecule has 66 valence electrons. The van der Waals surface area contributed by atoms with Crippen molar-refractivity contribution in [3.63, 3.8) is 0 Å². The largest absolute Gasteiger partial charge is 0.379 e. The highest BCUT2D eigenvalue weighted by Crippen LogP contribution is 2.46. The average Bonchev–Trinajstić information content (AvgIpc) is 1.96. The van der Waals surface area contributed by atoms with Gasteiger partial charge in [0.25, 0.3) is 0 Å². The molecule has 0 spiro atoms. The van der Waals surface area contributed by atoms with E-state index < -0.39 is 0 Å². The Kier molecular flexibility index (Phi) is 3.22. The molecular formula is C8H17NOS. The van der Waals surface area contributed by atoms with Gasteiger partial charge in [-0.25, -0.2) is 0 Å². The van der Waals surface area contributed by atoms with Crippen LogP contribution < -0.4 is 5.73 Å². The topological polar surface area (TPSA) is 35.2 Å². The predicted molar refractivity (Wildman–Crippen MR) is 49.9 cm³/mol. The third-order valence-electron chi connectivity index (χ3n) is 2.69. The van der Waals surface area contributed by atoms with Crippen LogP contribution in [0.1, 0.15) is 19.3 Å². The number of thioether (sulfide) groups is 1. The standard InChI is InChI=1S/C8H17NOS/c1-10-7(6-9)8(11-2)4-3-5-8/h7H,3-6,9H2,1-2H3. The summed E-state index contributed by atoms with van der Waals surface area (Å²) in [5.41, 5.74) is 5.62. The zero-order valence-corrected chi connectivity index (χ0v) is 8.12. The Labute approximate surface area is 72.9 Å². The van der Waals surface area contributed by atoms with Crippen LogP contribution >= 0.6 is 11.8 Å². The summed E-state index contributed by atoms with van der Waals surface area (Å²) in [6.45, 7) is 0.650. The van der Waals surface area contributed by atoms with Gasteiger partial charge in [0.15, 0.2) is 0 Å². The first-order valence-corrected chi connectivity index (χ1v) is 5.29. The van der Waals surface area contributed by atoms with Crippen molar-refractivity contribution in [2.24, 2.45) is 5.73 Å². The normalized spacial score (nSPS) is 24.3. The Morgan fingerprint density at radius 3 is 2.36 bits per heavy atom. The summed E-state index contributed by atoms with van der Waals surface area (Å²) in [6, 6.07) is 0. The van der Waals surface area contributed by atoms with Crippen LogP contribution in [0, 0.1) is 0 Å². The SMILES string of the molecule is COC(CN)C1(SC)CCC1. The fourth-order valence-electron chi connectivity index (χ4n) is 1.71. The molecule has 0 saturated heterocycles. The van der Waals surface area contributed by atoms with Crippen molar-refractivity contribution in [2.75, 3.05) is 19.9 Å². The van der Waals surface area contributed by atoms with E-state index in [9.17, 15) is 0 Å². The van der Waals surface area contributed by atoms with Gasteiger partial charge in [-0.1, -0.05) is 6.42 Å². The molecule has 1 fully saturated rings. The molecule has 2 nitrogen and oxygen atoms in total. The molecule has 0 aliphatic heterocycles. The molecule has 1 aliphatic rings. The number of methoxy groups -OCH3 is 1. The van der Waals surface area contributed by atoms with E-state index in [4.69, 9.17) is 10.5 Å². The number of ether oxygens (including phenoxy) is 1. The maximum Gasteiger partial charge on any atom is 0.0839 e. The molecule has 1 unspecified atom stereocenters. The van der Waals surface area contributed by atoms with Crippen LogP contribution in [0.5, 0.6) is 0 Å². The van der Waals surface area contributed by atoms with Gasteiger partial charge in [-0.05, 0) is 19.1 Å². The van der Waals surface area contributed by atoms with Gasteiger partial charge in [-0.15, -0.1) is 0 Å². The molecule has 11 heavy (non-hydrogen) atoms. The highest BCUT2D eigenvalue weighted by molar-refractivity contribution is 8.00. The van der Waals surface area contributed by atoms with Crippen molar-refractivity contribution in [1.29, 1.82) is 0 Å². The summed E-state index contributed by atoms with van der Waals surface area (Å²) < 4.78 is 5.70. The molecule has 0 radical (unpaired) electrons. The second-order valence-corrected chi connectivity index (χ2v) is 4.30. The first-order chi connectivity index (χ1) is 5.29. The van der Waals surface area contributed by atoms with Crippen LogP contribution in [0.25, 0.3) is 0 Å². The van der Waals surface area contributed by atoms with Crippen LogP contribution in [0.2, 0.25) is 0 Å². The summed E-state index contributed by atoms with van der Waals surface area (Å²) in [6.07, 6.45) is 6.28. The molecule has 0 aromatic carbocycles. The van der Waals surface area contributed by atoms with Gasteiger partial charge < -0.3 is 10.5 Å². The zero-order chi connectivity index (χ0) is 8.32. The van der Waals surface area contributed by atoms with Gasteiger partial charge in [-0.2, -0.15) is 11.8 Å². The van der Waals surface area contributed by atoms with Crippen molar-refractivity contribution in [1.82, 2.24) is 0 Å². The molecule has 0 bridgehead atoms. The van der Waals surface area contributed by atoms with Crippen molar-refractivity contribution in [3.05, 3.63) is 0 Å². The van der Waals surface area contributed by atoms with Crippen molar-refractivity contribution in [3.8, 4) is 0 Å². The Hall–Kier alpha value is 0.270. The summed E-state index contributed by atoms with van der Waals surface area (Å²) >= 11 is 1.91. The van der Waals surface area contributed by atoms with Crippen LogP contribution in [0.15, 0.2) is 0 Å². The molecule has 1 saturated carbocycles. The van der Waals surface area contributed by atoms with Crippen LogP contribution in [-0.4, -0.2) is 30.8 Å². The Morgan fingerprint density at radius 2 is 2.27 bits per heavy atom. The number of hydrogen-bond donors (Lipinski definition) is 1. The minimum absolute atomic E-state index is 0.256. The lowest BCUT2D eigenvalue weighted by atomic mass is 9.80. The van der Waals surface area contributed by atoms with E-state index in [0.29, 0.717) is 11.3 Å². The number of nitrogens with two attached hydrogens (primary N) is 1. The second-order valence-electron chi connectivity index (χ2n) is 3.08. The minimum Gasteiger partial charge on any atom is -0.379 e. The summed E-state index contributed by atoms with van der Waals surface area (Å²) in [5.74, 6) is 0. The monoisotopic (exact) mass is 175 g/mol. The average molecular weight is 175 g/mol. The van der Waals surface area contributed by atoms with E-state index in [1.54, 1.807) is 7.11 Å². The van der Waals surface area contributed by atoms with E-state index in [0.717, 1.165) is 0 Å². The van der Waals surface area contributed by atoms with E-state index >= 15 is 0 Å². The summed E-state index contributed by atoms with van der Waals surface area (Å²) in [4.78, 5) is 0. The Bertz CT molecular complexity index is 116. The van der Waals surface area contributed by atoms with Gasteiger partial charge in [-0.3, -0.25) is 0 Å². The molecule has 1 aliphatic carbocycles. The highest BCUT2D eigenvalue weighted by atomic mass is 32.2. The molecule has 1 atom stereocenters. The lowest BCUT2D eigenvalue weighted by molar-refractivity contribution is 0.0460. The lowest BCUT2D eigenvalue weighted by Crippen LogP contribution is -2.49. The predicted octanol–water partition coefficient (Wildman–Crippen LogP) is 1.25. The first-order valence-electron chi connectivity index (χ1n) is 4.07. The van der Waals surface area contributed by atoms with E-state index in [1.807, 2.05) is 11.8 Å². The number of rotatable bonds is 4. The fraction of sp³-hybridized carbons (Fsp3) is 1.00. The van der Waals surface area contributed by atoms with Crippen LogP contribution in [0.4, 0.5) is 0 Å². The summed E-state index contributed by atoms with van der Waals surface area (Å²) in [5, 5.41) is 0. The minimum atomic E-state index is 0.256. The quantitative estimate of drug-likeness (QED) is 0.698. The maximum absolute atomic E-state index is 5.62. The van der Waals surface area contributed by atoms with E-state index in [-0.39, 0.29) is 6.10 Å². The molecule has 0 heterocycles.